The molecular weight excluding hydrogens is 248 g/mol. The molecule has 0 radical (unpaired) electrons. The molecule has 0 spiro atoms. The number of hydrogen-bond donors (Lipinski definition) is 1. The van der Waals surface area contributed by atoms with Crippen molar-refractivity contribution in [1.29, 1.82) is 0 Å². The summed E-state index contributed by atoms with van der Waals surface area (Å²) in [6.07, 6.45) is 2.05. The number of benzene rings is 1. The van der Waals surface area contributed by atoms with Crippen LogP contribution in [0.1, 0.15) is 23.8 Å². The molecule has 1 unspecified atom stereocenters. The summed E-state index contributed by atoms with van der Waals surface area (Å²) < 4.78 is 0. The Balaban J connectivity index is 2.25. The maximum atomic E-state index is 11.8. The van der Waals surface area contributed by atoms with Crippen molar-refractivity contribution in [1.82, 2.24) is 10.2 Å². The third kappa shape index (κ3) is 5.52. The van der Waals surface area contributed by atoms with Crippen molar-refractivity contribution in [3.05, 3.63) is 35.9 Å². The molecule has 18 heavy (non-hydrogen) atoms. The molecule has 1 aromatic carbocycles. The number of alkyl halides is 1. The molecular formula is C14H21ClN2O. The number of nitrogens with one attached hydrogen (secondary N) is 1. The fourth-order valence-corrected chi connectivity index (χ4v) is 1.85. The molecule has 0 fully saturated rings. The SMILES string of the molecule is CN(C)CCCCNC(=O)C(Cl)c1ccccc1. The largest absolute Gasteiger partial charge is 0.355 e. The van der Waals surface area contributed by atoms with Gasteiger partial charge >= 0.3 is 0 Å². The lowest BCUT2D eigenvalue weighted by atomic mass is 10.1. The number of nitrogens with zero attached hydrogens (tertiary/aromatic N) is 1. The van der Waals surface area contributed by atoms with E-state index in [1.165, 1.54) is 0 Å². The second-order valence-corrected chi connectivity index (χ2v) is 5.01. The molecule has 1 amide bonds. The topological polar surface area (TPSA) is 32.3 Å². The molecule has 1 atom stereocenters. The summed E-state index contributed by atoms with van der Waals surface area (Å²) in [5.74, 6) is -0.118. The Labute approximate surface area is 114 Å². The first-order valence-corrected chi connectivity index (χ1v) is 6.66. The zero-order chi connectivity index (χ0) is 13.4. The first-order valence-electron chi connectivity index (χ1n) is 6.22. The fraction of sp³-hybridized carbons (Fsp3) is 0.500. The van der Waals surface area contributed by atoms with Gasteiger partial charge < -0.3 is 10.2 Å². The molecule has 0 aliphatic heterocycles. The second-order valence-electron chi connectivity index (χ2n) is 4.57. The number of amides is 1. The van der Waals surface area contributed by atoms with Gasteiger partial charge in [0.15, 0.2) is 0 Å². The van der Waals surface area contributed by atoms with Crippen molar-refractivity contribution in [3.8, 4) is 0 Å². The van der Waals surface area contributed by atoms with E-state index in [4.69, 9.17) is 11.6 Å². The van der Waals surface area contributed by atoms with Crippen LogP contribution < -0.4 is 5.32 Å². The zero-order valence-electron chi connectivity index (χ0n) is 11.0. The molecule has 0 aliphatic rings. The van der Waals surface area contributed by atoms with Gasteiger partial charge in [0, 0.05) is 6.54 Å². The fourth-order valence-electron chi connectivity index (χ4n) is 1.63. The maximum Gasteiger partial charge on any atom is 0.242 e. The first kappa shape index (κ1) is 15.0. The highest BCUT2D eigenvalue weighted by molar-refractivity contribution is 6.30. The minimum absolute atomic E-state index is 0.118. The van der Waals surface area contributed by atoms with Crippen LogP contribution in [0.5, 0.6) is 0 Å². The van der Waals surface area contributed by atoms with Gasteiger partial charge in [0.2, 0.25) is 5.91 Å². The maximum absolute atomic E-state index is 11.8. The standard InChI is InChI=1S/C14H21ClN2O/c1-17(2)11-7-6-10-16-14(18)13(15)12-8-4-3-5-9-12/h3-5,8-9,13H,6-7,10-11H2,1-2H3,(H,16,18). The molecule has 0 aromatic heterocycles. The molecule has 0 saturated heterocycles. The Hall–Kier alpha value is -1.06. The van der Waals surface area contributed by atoms with Gasteiger partial charge in [-0.25, -0.2) is 0 Å². The summed E-state index contributed by atoms with van der Waals surface area (Å²) in [6.45, 7) is 1.72. The molecule has 1 rings (SSSR count). The van der Waals surface area contributed by atoms with E-state index in [1.807, 2.05) is 44.4 Å². The Morgan fingerprint density at radius 2 is 1.94 bits per heavy atom. The number of hydrogen-bond acceptors (Lipinski definition) is 2. The van der Waals surface area contributed by atoms with Crippen LogP contribution in [0.4, 0.5) is 0 Å². The van der Waals surface area contributed by atoms with Gasteiger partial charge in [-0.1, -0.05) is 30.3 Å². The predicted octanol–water partition coefficient (Wildman–Crippen LogP) is 2.42. The first-order chi connectivity index (χ1) is 8.61. The predicted molar refractivity (Wildman–Crippen MR) is 75.8 cm³/mol. The average Bonchev–Trinajstić information content (AvgIpc) is 2.38. The van der Waals surface area contributed by atoms with Crippen LogP contribution in [-0.2, 0) is 4.79 Å². The Bertz CT molecular complexity index is 354. The lowest BCUT2D eigenvalue weighted by Gasteiger charge is -2.12. The Morgan fingerprint density at radius 3 is 2.56 bits per heavy atom. The van der Waals surface area contributed by atoms with Gasteiger partial charge in [-0.3, -0.25) is 4.79 Å². The van der Waals surface area contributed by atoms with Gasteiger partial charge in [0.05, 0.1) is 0 Å². The Morgan fingerprint density at radius 1 is 1.28 bits per heavy atom. The quantitative estimate of drug-likeness (QED) is 0.609. The molecule has 0 aliphatic carbocycles. The van der Waals surface area contributed by atoms with Crippen LogP contribution in [0.2, 0.25) is 0 Å². The van der Waals surface area contributed by atoms with E-state index in [0.29, 0.717) is 6.54 Å². The zero-order valence-corrected chi connectivity index (χ0v) is 11.8. The van der Waals surface area contributed by atoms with Gasteiger partial charge in [0.25, 0.3) is 0 Å². The van der Waals surface area contributed by atoms with Crippen LogP contribution in [0.25, 0.3) is 0 Å². The molecule has 0 saturated carbocycles. The summed E-state index contributed by atoms with van der Waals surface area (Å²) in [5, 5.41) is 2.27. The summed E-state index contributed by atoms with van der Waals surface area (Å²) in [6, 6.07) is 9.41. The molecule has 1 aromatic rings. The lowest BCUT2D eigenvalue weighted by Crippen LogP contribution is -2.28. The smallest absolute Gasteiger partial charge is 0.242 e. The summed E-state index contributed by atoms with van der Waals surface area (Å²) in [7, 11) is 4.09. The Kier molecular flexibility index (Phi) is 6.76. The van der Waals surface area contributed by atoms with Crippen LogP contribution in [-0.4, -0.2) is 38.0 Å². The minimum atomic E-state index is -0.597. The van der Waals surface area contributed by atoms with E-state index >= 15 is 0 Å². The number of rotatable bonds is 7. The van der Waals surface area contributed by atoms with E-state index < -0.39 is 5.38 Å². The van der Waals surface area contributed by atoms with Crippen LogP contribution >= 0.6 is 11.6 Å². The van der Waals surface area contributed by atoms with Crippen LogP contribution in [0.3, 0.4) is 0 Å². The molecule has 3 nitrogen and oxygen atoms in total. The molecule has 0 heterocycles. The van der Waals surface area contributed by atoms with Crippen molar-refractivity contribution in [3.63, 3.8) is 0 Å². The third-order valence-corrected chi connectivity index (χ3v) is 3.10. The van der Waals surface area contributed by atoms with Crippen LogP contribution in [0.15, 0.2) is 30.3 Å². The van der Waals surface area contributed by atoms with Gasteiger partial charge in [-0.15, -0.1) is 11.6 Å². The summed E-state index contributed by atoms with van der Waals surface area (Å²) in [4.78, 5) is 13.9. The van der Waals surface area contributed by atoms with E-state index in [2.05, 4.69) is 10.2 Å². The number of carbonyl (C=O) groups is 1. The number of carbonyl (C=O) groups excluding carboxylic acids is 1. The lowest BCUT2D eigenvalue weighted by molar-refractivity contribution is -0.120. The highest BCUT2D eigenvalue weighted by Crippen LogP contribution is 2.19. The highest BCUT2D eigenvalue weighted by atomic mass is 35.5. The number of halogens is 1. The van der Waals surface area contributed by atoms with Gasteiger partial charge in [-0.2, -0.15) is 0 Å². The second kappa shape index (κ2) is 8.11. The van der Waals surface area contributed by atoms with Gasteiger partial charge in [0.1, 0.15) is 5.38 Å². The van der Waals surface area contributed by atoms with Crippen molar-refractivity contribution >= 4 is 17.5 Å². The van der Waals surface area contributed by atoms with Crippen molar-refractivity contribution < 1.29 is 4.79 Å². The molecule has 0 bridgehead atoms. The van der Waals surface area contributed by atoms with E-state index in [1.54, 1.807) is 0 Å². The van der Waals surface area contributed by atoms with Gasteiger partial charge in [-0.05, 0) is 39.0 Å². The molecule has 1 N–H and O–H groups in total. The highest BCUT2D eigenvalue weighted by Gasteiger charge is 2.16. The normalized spacial score (nSPS) is 12.4. The van der Waals surface area contributed by atoms with E-state index in [-0.39, 0.29) is 5.91 Å². The molecule has 4 heteroatoms. The summed E-state index contributed by atoms with van der Waals surface area (Å²) in [5.41, 5.74) is 0.838. The molecule has 100 valence electrons. The van der Waals surface area contributed by atoms with E-state index in [0.717, 1.165) is 24.9 Å². The monoisotopic (exact) mass is 268 g/mol. The van der Waals surface area contributed by atoms with Crippen LogP contribution in [0, 0.1) is 0 Å². The average molecular weight is 269 g/mol. The van der Waals surface area contributed by atoms with Crippen molar-refractivity contribution in [2.45, 2.75) is 18.2 Å². The van der Waals surface area contributed by atoms with E-state index in [9.17, 15) is 4.79 Å². The summed E-state index contributed by atoms with van der Waals surface area (Å²) >= 11 is 6.10. The van der Waals surface area contributed by atoms with Crippen molar-refractivity contribution in [2.75, 3.05) is 27.2 Å². The third-order valence-electron chi connectivity index (χ3n) is 2.65. The minimum Gasteiger partial charge on any atom is -0.355 e. The van der Waals surface area contributed by atoms with Crippen molar-refractivity contribution in [2.24, 2.45) is 0 Å². The number of unbranched alkanes of at least 4 members (excludes halogenated alkanes) is 1.